The van der Waals surface area contributed by atoms with E-state index < -0.39 is 23.7 Å². The average Bonchev–Trinajstić information content (AvgIpc) is 2.74. The summed E-state index contributed by atoms with van der Waals surface area (Å²) in [5, 5.41) is 2.78. The van der Waals surface area contributed by atoms with Gasteiger partial charge in [0.05, 0.1) is 5.69 Å². The van der Waals surface area contributed by atoms with Crippen molar-refractivity contribution in [1.82, 2.24) is 5.32 Å². The number of rotatable bonds is 4. The molecule has 1 heterocycles. The lowest BCUT2D eigenvalue weighted by Crippen LogP contribution is -2.54. The summed E-state index contributed by atoms with van der Waals surface area (Å²) in [6.07, 6.45) is 1.40. The first-order valence-corrected chi connectivity index (χ1v) is 10.3. The Bertz CT molecular complexity index is 1210. The molecule has 0 saturated carbocycles. The molecule has 0 aliphatic carbocycles. The van der Waals surface area contributed by atoms with Gasteiger partial charge in [0, 0.05) is 14.8 Å². The molecule has 154 valence electrons. The summed E-state index contributed by atoms with van der Waals surface area (Å²) in [5.74, 6) is -2.23. The van der Waals surface area contributed by atoms with Crippen molar-refractivity contribution in [2.45, 2.75) is 9.79 Å². The summed E-state index contributed by atoms with van der Waals surface area (Å²) in [6, 6.07) is 18.8. The zero-order valence-corrected chi connectivity index (χ0v) is 17.4. The Hall–Kier alpha value is -3.42. The summed E-state index contributed by atoms with van der Waals surface area (Å²) in [4.78, 5) is 40.0. The molecule has 0 radical (unpaired) electrons. The quantitative estimate of drug-likeness (QED) is 0.431. The Morgan fingerprint density at radius 2 is 1.55 bits per heavy atom. The third-order valence-electron chi connectivity index (χ3n) is 4.41. The maximum atomic E-state index is 13.6. The monoisotopic (exact) mass is 452 g/mol. The van der Waals surface area contributed by atoms with E-state index in [1.54, 1.807) is 12.1 Å². The number of halogens is 2. The molecule has 0 atom stereocenters. The van der Waals surface area contributed by atoms with Crippen molar-refractivity contribution >= 4 is 53.0 Å². The summed E-state index contributed by atoms with van der Waals surface area (Å²) in [5.41, 5.74) is 0.421. The molecule has 1 fully saturated rings. The Morgan fingerprint density at radius 3 is 2.19 bits per heavy atom. The lowest BCUT2D eigenvalue weighted by Gasteiger charge is -2.26. The molecular weight excluding hydrogens is 439 g/mol. The summed E-state index contributed by atoms with van der Waals surface area (Å²) in [6.45, 7) is 0. The highest BCUT2D eigenvalue weighted by Crippen LogP contribution is 2.29. The number of urea groups is 1. The summed E-state index contributed by atoms with van der Waals surface area (Å²) in [7, 11) is 0. The van der Waals surface area contributed by atoms with Crippen LogP contribution in [0.15, 0.2) is 88.2 Å². The van der Waals surface area contributed by atoms with Gasteiger partial charge in [0.2, 0.25) is 0 Å². The number of hydrogen-bond acceptors (Lipinski definition) is 4. The van der Waals surface area contributed by atoms with Gasteiger partial charge in [0.1, 0.15) is 11.4 Å². The number of imide groups is 2. The molecule has 0 spiro atoms. The largest absolute Gasteiger partial charge is 0.335 e. The number of carbonyl (C=O) groups excluding carboxylic acids is 3. The Labute approximate surface area is 186 Å². The number of nitrogens with zero attached hydrogens (tertiary/aromatic N) is 1. The predicted molar refractivity (Wildman–Crippen MR) is 117 cm³/mol. The highest BCUT2D eigenvalue weighted by Gasteiger charge is 2.36. The molecule has 4 amide bonds. The van der Waals surface area contributed by atoms with Crippen LogP contribution < -0.4 is 10.2 Å². The van der Waals surface area contributed by atoms with E-state index >= 15 is 0 Å². The predicted octanol–water partition coefficient (Wildman–Crippen LogP) is 5.30. The van der Waals surface area contributed by atoms with Crippen LogP contribution in [0.4, 0.5) is 14.9 Å². The molecule has 4 rings (SSSR count). The number of hydrogen-bond donors (Lipinski definition) is 1. The minimum atomic E-state index is -0.924. The van der Waals surface area contributed by atoms with Crippen molar-refractivity contribution in [1.29, 1.82) is 0 Å². The van der Waals surface area contributed by atoms with Crippen molar-refractivity contribution < 1.29 is 18.8 Å². The SMILES string of the molecule is O=C1NC(=O)N(c2cccc(F)c2)C(=O)/C1=C/c1ccc(Sc2ccc(Cl)cc2)cc1. The number of benzene rings is 3. The smallest absolute Gasteiger partial charge is 0.273 e. The van der Waals surface area contributed by atoms with E-state index in [2.05, 4.69) is 5.32 Å². The molecule has 1 N–H and O–H groups in total. The molecule has 1 aliphatic heterocycles. The van der Waals surface area contributed by atoms with Crippen LogP contribution in [0.2, 0.25) is 5.02 Å². The molecule has 1 aliphatic rings. The van der Waals surface area contributed by atoms with Crippen LogP contribution in [0.1, 0.15) is 5.56 Å². The minimum Gasteiger partial charge on any atom is -0.273 e. The second-order valence-corrected chi connectivity index (χ2v) is 8.15. The molecule has 5 nitrogen and oxygen atoms in total. The number of amides is 4. The van der Waals surface area contributed by atoms with Gasteiger partial charge in [-0.1, -0.05) is 41.6 Å². The van der Waals surface area contributed by atoms with Gasteiger partial charge in [-0.05, 0) is 66.2 Å². The standard InChI is InChI=1S/C23H14ClFN2O3S/c24-15-6-10-19(11-7-15)31-18-8-4-14(5-9-18)12-20-21(28)26-23(30)27(22(20)29)17-3-1-2-16(25)13-17/h1-13H,(H,26,28,30)/b20-12+. The second-order valence-electron chi connectivity index (χ2n) is 6.56. The van der Waals surface area contributed by atoms with Crippen LogP contribution in [0.3, 0.4) is 0 Å². The van der Waals surface area contributed by atoms with Crippen LogP contribution in [-0.2, 0) is 9.59 Å². The van der Waals surface area contributed by atoms with E-state index in [0.29, 0.717) is 10.6 Å². The van der Waals surface area contributed by atoms with Crippen LogP contribution in [0, 0.1) is 5.82 Å². The first-order chi connectivity index (χ1) is 14.9. The van der Waals surface area contributed by atoms with E-state index in [0.717, 1.165) is 20.8 Å². The molecule has 1 saturated heterocycles. The highest BCUT2D eigenvalue weighted by atomic mass is 35.5. The van der Waals surface area contributed by atoms with Gasteiger partial charge in [-0.25, -0.2) is 14.1 Å². The molecule has 3 aromatic carbocycles. The van der Waals surface area contributed by atoms with Crippen molar-refractivity contribution in [3.8, 4) is 0 Å². The summed E-state index contributed by atoms with van der Waals surface area (Å²) < 4.78 is 13.6. The Morgan fingerprint density at radius 1 is 0.903 bits per heavy atom. The molecular formula is C23H14ClFN2O3S. The van der Waals surface area contributed by atoms with E-state index in [1.807, 2.05) is 36.4 Å². The van der Waals surface area contributed by atoms with Crippen molar-refractivity contribution in [2.75, 3.05) is 4.90 Å². The van der Waals surface area contributed by atoms with Crippen LogP contribution in [-0.4, -0.2) is 17.8 Å². The van der Waals surface area contributed by atoms with Crippen LogP contribution in [0.25, 0.3) is 6.08 Å². The van der Waals surface area contributed by atoms with E-state index in [-0.39, 0.29) is 11.3 Å². The maximum Gasteiger partial charge on any atom is 0.335 e. The second kappa shape index (κ2) is 8.75. The first kappa shape index (κ1) is 20.8. The molecule has 0 unspecified atom stereocenters. The van der Waals surface area contributed by atoms with Crippen molar-refractivity contribution in [2.24, 2.45) is 0 Å². The Kier molecular flexibility index (Phi) is 5.88. The third kappa shape index (κ3) is 4.68. The number of anilines is 1. The maximum absolute atomic E-state index is 13.6. The van der Waals surface area contributed by atoms with Gasteiger partial charge >= 0.3 is 6.03 Å². The molecule has 0 bridgehead atoms. The molecule has 31 heavy (non-hydrogen) atoms. The highest BCUT2D eigenvalue weighted by molar-refractivity contribution is 7.99. The van der Waals surface area contributed by atoms with Crippen molar-refractivity contribution in [3.05, 3.63) is 94.8 Å². The minimum absolute atomic E-state index is 0.0376. The van der Waals surface area contributed by atoms with Gasteiger partial charge in [-0.15, -0.1) is 0 Å². The number of barbiturate groups is 1. The third-order valence-corrected chi connectivity index (χ3v) is 5.68. The topological polar surface area (TPSA) is 66.5 Å². The normalized spacial score (nSPS) is 15.4. The van der Waals surface area contributed by atoms with E-state index in [1.165, 1.54) is 36.0 Å². The number of carbonyl (C=O) groups is 3. The van der Waals surface area contributed by atoms with E-state index in [4.69, 9.17) is 11.6 Å². The van der Waals surface area contributed by atoms with Gasteiger partial charge in [0.25, 0.3) is 11.8 Å². The molecule has 8 heteroatoms. The molecule has 3 aromatic rings. The fraction of sp³-hybridized carbons (Fsp3) is 0. The number of nitrogens with one attached hydrogen (secondary N) is 1. The van der Waals surface area contributed by atoms with Gasteiger partial charge in [0.15, 0.2) is 0 Å². The van der Waals surface area contributed by atoms with E-state index in [9.17, 15) is 18.8 Å². The molecule has 0 aromatic heterocycles. The van der Waals surface area contributed by atoms with Gasteiger partial charge < -0.3 is 0 Å². The zero-order valence-electron chi connectivity index (χ0n) is 15.8. The van der Waals surface area contributed by atoms with Gasteiger partial charge in [-0.3, -0.25) is 14.9 Å². The Balaban J connectivity index is 1.57. The average molecular weight is 453 g/mol. The lowest BCUT2D eigenvalue weighted by molar-refractivity contribution is -0.122. The first-order valence-electron chi connectivity index (χ1n) is 9.11. The van der Waals surface area contributed by atoms with Crippen molar-refractivity contribution in [3.63, 3.8) is 0 Å². The zero-order chi connectivity index (χ0) is 22.0. The fourth-order valence-corrected chi connectivity index (χ4v) is 3.89. The van der Waals surface area contributed by atoms with Gasteiger partial charge in [-0.2, -0.15) is 0 Å². The van der Waals surface area contributed by atoms with Crippen LogP contribution in [0.5, 0.6) is 0 Å². The van der Waals surface area contributed by atoms with Crippen LogP contribution >= 0.6 is 23.4 Å². The fourth-order valence-electron chi connectivity index (χ4n) is 2.94. The lowest BCUT2D eigenvalue weighted by atomic mass is 10.1. The summed E-state index contributed by atoms with van der Waals surface area (Å²) >= 11 is 7.44.